The summed E-state index contributed by atoms with van der Waals surface area (Å²) in [6.07, 6.45) is 0.965. The summed E-state index contributed by atoms with van der Waals surface area (Å²) in [7, 11) is 1.82. The van der Waals surface area contributed by atoms with Crippen LogP contribution in [0.25, 0.3) is 0 Å². The first-order chi connectivity index (χ1) is 6.16. The van der Waals surface area contributed by atoms with Gasteiger partial charge in [-0.05, 0) is 13.3 Å². The summed E-state index contributed by atoms with van der Waals surface area (Å²) in [5, 5.41) is 1.78. The van der Waals surface area contributed by atoms with E-state index in [1.54, 1.807) is 15.8 Å². The Kier molecular flexibility index (Phi) is 3.42. The third kappa shape index (κ3) is 2.28. The lowest BCUT2D eigenvalue weighted by atomic mass is 10.2. The van der Waals surface area contributed by atoms with E-state index in [1.165, 1.54) is 11.3 Å². The molecule has 72 valence electrons. The molecule has 0 saturated carbocycles. The minimum Gasteiger partial charge on any atom is -0.338 e. The van der Waals surface area contributed by atoms with Crippen molar-refractivity contribution in [1.29, 1.82) is 0 Å². The lowest BCUT2D eigenvalue weighted by molar-refractivity contribution is 0.0735. The topological polar surface area (TPSA) is 33.2 Å². The molecule has 3 nitrogen and oxygen atoms in total. The summed E-state index contributed by atoms with van der Waals surface area (Å²) in [5.41, 5.74) is 2.23. The molecule has 0 aliphatic rings. The van der Waals surface area contributed by atoms with Gasteiger partial charge < -0.3 is 4.90 Å². The first-order valence-corrected chi connectivity index (χ1v) is 5.26. The van der Waals surface area contributed by atoms with Crippen molar-refractivity contribution in [3.63, 3.8) is 0 Å². The predicted molar refractivity (Wildman–Crippen MR) is 54.0 cm³/mol. The van der Waals surface area contributed by atoms with E-state index >= 15 is 0 Å². The lowest BCUT2D eigenvalue weighted by Crippen LogP contribution is -2.34. The molecule has 1 unspecified atom stereocenters. The van der Waals surface area contributed by atoms with E-state index < -0.39 is 0 Å². The Bertz CT molecular complexity index is 271. The third-order valence-electron chi connectivity index (χ3n) is 2.22. The van der Waals surface area contributed by atoms with Crippen LogP contribution >= 0.6 is 11.3 Å². The van der Waals surface area contributed by atoms with Crippen LogP contribution in [-0.2, 0) is 0 Å². The Hall–Kier alpha value is -0.900. The molecule has 0 bridgehead atoms. The van der Waals surface area contributed by atoms with Crippen molar-refractivity contribution in [1.82, 2.24) is 9.88 Å². The second-order valence-electron chi connectivity index (χ2n) is 3.05. The number of thiazole rings is 1. The highest BCUT2D eigenvalue weighted by Gasteiger charge is 2.17. The molecule has 1 aromatic heterocycles. The van der Waals surface area contributed by atoms with Gasteiger partial charge in [0.25, 0.3) is 5.91 Å². The van der Waals surface area contributed by atoms with E-state index in [9.17, 15) is 4.79 Å². The van der Waals surface area contributed by atoms with Crippen molar-refractivity contribution in [2.45, 2.75) is 26.3 Å². The van der Waals surface area contributed by atoms with Crippen molar-refractivity contribution in [2.75, 3.05) is 7.05 Å². The van der Waals surface area contributed by atoms with Crippen molar-refractivity contribution in [3.8, 4) is 0 Å². The number of amides is 1. The average Bonchev–Trinajstić information content (AvgIpc) is 2.67. The van der Waals surface area contributed by atoms with Crippen LogP contribution in [-0.4, -0.2) is 28.9 Å². The minimum absolute atomic E-state index is 0.00981. The molecule has 0 aliphatic carbocycles. The Morgan fingerprint density at radius 1 is 1.77 bits per heavy atom. The SMILES string of the molecule is CCC(C)N(C)C(=O)c1cscn1. The molecule has 0 fully saturated rings. The highest BCUT2D eigenvalue weighted by Crippen LogP contribution is 2.08. The summed E-state index contributed by atoms with van der Waals surface area (Å²) in [4.78, 5) is 17.4. The van der Waals surface area contributed by atoms with Gasteiger partial charge in [-0.3, -0.25) is 4.79 Å². The quantitative estimate of drug-likeness (QED) is 0.744. The highest BCUT2D eigenvalue weighted by molar-refractivity contribution is 7.07. The van der Waals surface area contributed by atoms with Gasteiger partial charge in [0.1, 0.15) is 5.69 Å². The van der Waals surface area contributed by atoms with Gasteiger partial charge in [-0.25, -0.2) is 4.98 Å². The molecular formula is C9H14N2OS. The number of hydrogen-bond donors (Lipinski definition) is 0. The summed E-state index contributed by atoms with van der Waals surface area (Å²) in [6, 6.07) is 0.272. The molecule has 1 amide bonds. The van der Waals surface area contributed by atoms with Crippen molar-refractivity contribution < 1.29 is 4.79 Å². The van der Waals surface area contributed by atoms with Crippen molar-refractivity contribution in [2.24, 2.45) is 0 Å². The second-order valence-corrected chi connectivity index (χ2v) is 3.77. The van der Waals surface area contributed by atoms with Crippen LogP contribution in [0.3, 0.4) is 0 Å². The van der Waals surface area contributed by atoms with Gasteiger partial charge >= 0.3 is 0 Å². The number of carbonyl (C=O) groups is 1. The molecule has 0 aliphatic heterocycles. The van der Waals surface area contributed by atoms with Crippen LogP contribution in [0.1, 0.15) is 30.8 Å². The zero-order valence-electron chi connectivity index (χ0n) is 8.15. The van der Waals surface area contributed by atoms with E-state index in [2.05, 4.69) is 11.9 Å². The minimum atomic E-state index is 0.00981. The predicted octanol–water partition coefficient (Wildman–Crippen LogP) is 2.01. The maximum Gasteiger partial charge on any atom is 0.273 e. The zero-order chi connectivity index (χ0) is 9.84. The van der Waals surface area contributed by atoms with Crippen LogP contribution in [0.15, 0.2) is 10.9 Å². The molecule has 0 saturated heterocycles. The number of hydrogen-bond acceptors (Lipinski definition) is 3. The number of carbonyl (C=O) groups excluding carboxylic acids is 1. The molecule has 1 heterocycles. The first kappa shape index (κ1) is 10.2. The van der Waals surface area contributed by atoms with Gasteiger partial charge in [0, 0.05) is 18.5 Å². The fourth-order valence-electron chi connectivity index (χ4n) is 0.973. The fraction of sp³-hybridized carbons (Fsp3) is 0.556. The van der Waals surface area contributed by atoms with Crippen molar-refractivity contribution >= 4 is 17.2 Å². The average molecular weight is 198 g/mol. The van der Waals surface area contributed by atoms with Crippen LogP contribution in [0.2, 0.25) is 0 Å². The van der Waals surface area contributed by atoms with Gasteiger partial charge in [-0.2, -0.15) is 0 Å². The number of aromatic nitrogens is 1. The Labute approximate surface area is 82.4 Å². The van der Waals surface area contributed by atoms with Gasteiger partial charge in [0.05, 0.1) is 5.51 Å². The summed E-state index contributed by atoms with van der Waals surface area (Å²) in [5.74, 6) is 0.00981. The van der Waals surface area contributed by atoms with E-state index in [0.29, 0.717) is 5.69 Å². The van der Waals surface area contributed by atoms with Crippen LogP contribution in [0.5, 0.6) is 0 Å². The van der Waals surface area contributed by atoms with Gasteiger partial charge in [-0.15, -0.1) is 11.3 Å². The number of nitrogens with zero attached hydrogens (tertiary/aromatic N) is 2. The normalized spacial score (nSPS) is 12.5. The zero-order valence-corrected chi connectivity index (χ0v) is 8.97. The molecule has 13 heavy (non-hydrogen) atoms. The molecule has 4 heteroatoms. The van der Waals surface area contributed by atoms with Gasteiger partial charge in [0.15, 0.2) is 0 Å². The molecule has 1 atom stereocenters. The summed E-state index contributed by atoms with van der Waals surface area (Å²) in [6.45, 7) is 4.10. The maximum absolute atomic E-state index is 11.7. The van der Waals surface area contributed by atoms with Gasteiger partial charge in [0.2, 0.25) is 0 Å². The summed E-state index contributed by atoms with van der Waals surface area (Å²) < 4.78 is 0. The fourth-order valence-corrected chi connectivity index (χ4v) is 1.50. The third-order valence-corrected chi connectivity index (χ3v) is 2.81. The second kappa shape index (κ2) is 4.37. The van der Waals surface area contributed by atoms with E-state index in [1.807, 2.05) is 14.0 Å². The molecule has 0 radical (unpaired) electrons. The monoisotopic (exact) mass is 198 g/mol. The van der Waals surface area contributed by atoms with Crippen LogP contribution in [0, 0.1) is 0 Å². The van der Waals surface area contributed by atoms with Crippen LogP contribution < -0.4 is 0 Å². The van der Waals surface area contributed by atoms with Gasteiger partial charge in [-0.1, -0.05) is 6.92 Å². The van der Waals surface area contributed by atoms with E-state index in [4.69, 9.17) is 0 Å². The van der Waals surface area contributed by atoms with E-state index in [-0.39, 0.29) is 11.9 Å². The summed E-state index contributed by atoms with van der Waals surface area (Å²) >= 11 is 1.45. The maximum atomic E-state index is 11.7. The standard InChI is InChI=1S/C9H14N2OS/c1-4-7(2)11(3)9(12)8-5-13-6-10-8/h5-7H,4H2,1-3H3. The molecular weight excluding hydrogens is 184 g/mol. The van der Waals surface area contributed by atoms with Crippen molar-refractivity contribution in [3.05, 3.63) is 16.6 Å². The molecule has 1 rings (SSSR count). The molecule has 0 spiro atoms. The molecule has 0 N–H and O–H groups in total. The van der Waals surface area contributed by atoms with Crippen LogP contribution in [0.4, 0.5) is 0 Å². The Morgan fingerprint density at radius 2 is 2.46 bits per heavy atom. The molecule has 1 aromatic rings. The lowest BCUT2D eigenvalue weighted by Gasteiger charge is -2.22. The number of rotatable bonds is 3. The highest BCUT2D eigenvalue weighted by atomic mass is 32.1. The largest absolute Gasteiger partial charge is 0.338 e. The van der Waals surface area contributed by atoms with E-state index in [0.717, 1.165) is 6.42 Å². The molecule has 0 aromatic carbocycles. The smallest absolute Gasteiger partial charge is 0.273 e. The Balaban J connectivity index is 2.68. The first-order valence-electron chi connectivity index (χ1n) is 4.32. The Morgan fingerprint density at radius 3 is 2.92 bits per heavy atom.